The van der Waals surface area contributed by atoms with Crippen molar-refractivity contribution in [3.05, 3.63) is 53.6 Å². The Morgan fingerprint density at radius 3 is 2.39 bits per heavy atom. The van der Waals surface area contributed by atoms with Crippen molar-refractivity contribution < 1.29 is 19.4 Å². The van der Waals surface area contributed by atoms with Crippen LogP contribution in [0.3, 0.4) is 0 Å². The monoisotopic (exact) mass is 453 g/mol. The Morgan fingerprint density at radius 2 is 1.79 bits per heavy atom. The van der Waals surface area contributed by atoms with Crippen LogP contribution in [0.2, 0.25) is 0 Å². The molecule has 1 atom stereocenters. The summed E-state index contributed by atoms with van der Waals surface area (Å²) in [6.07, 6.45) is 2.63. The van der Waals surface area contributed by atoms with Gasteiger partial charge >= 0.3 is 12.0 Å². The summed E-state index contributed by atoms with van der Waals surface area (Å²) in [6.45, 7) is 8.35. The fraction of sp³-hybridized carbons (Fsp3) is 0.462. The molecular formula is C26H35N3O4. The average Bonchev–Trinajstić information content (AvgIpc) is 2.81. The van der Waals surface area contributed by atoms with Gasteiger partial charge < -0.3 is 25.4 Å². The molecule has 0 saturated carbocycles. The third-order valence-corrected chi connectivity index (χ3v) is 6.25. The maximum Gasteiger partial charge on any atom is 0.323 e. The van der Waals surface area contributed by atoms with E-state index in [-0.39, 0.29) is 18.4 Å². The summed E-state index contributed by atoms with van der Waals surface area (Å²) in [5.41, 5.74) is 4.38. The molecule has 0 bridgehead atoms. The third-order valence-electron chi connectivity index (χ3n) is 6.25. The molecule has 0 radical (unpaired) electrons. The van der Waals surface area contributed by atoms with Crippen molar-refractivity contribution in [3.63, 3.8) is 0 Å². The summed E-state index contributed by atoms with van der Waals surface area (Å²) in [4.78, 5) is 26.6. The molecule has 1 fully saturated rings. The Hall–Kier alpha value is -3.06. The number of rotatable bonds is 9. The maximum atomic E-state index is 12.9. The molecule has 2 aromatic carbocycles. The number of carboxylic acid groups (broad SMARTS) is 1. The van der Waals surface area contributed by atoms with Crippen molar-refractivity contribution in [1.82, 2.24) is 0 Å². The van der Waals surface area contributed by atoms with Crippen LogP contribution in [0.4, 0.5) is 21.9 Å². The molecule has 0 aliphatic carbocycles. The largest absolute Gasteiger partial charge is 0.481 e. The quantitative estimate of drug-likeness (QED) is 0.459. The number of anilines is 3. The molecule has 1 heterocycles. The van der Waals surface area contributed by atoms with Gasteiger partial charge in [0.15, 0.2) is 0 Å². The fourth-order valence-corrected chi connectivity index (χ4v) is 4.41. The predicted molar refractivity (Wildman–Crippen MR) is 132 cm³/mol. The van der Waals surface area contributed by atoms with Crippen LogP contribution in [-0.4, -0.2) is 42.9 Å². The highest BCUT2D eigenvalue weighted by Gasteiger charge is 2.24. The number of hydrogen-bond donors (Lipinski definition) is 3. The number of nitrogens with zero attached hydrogens (tertiary/aromatic N) is 1. The van der Waals surface area contributed by atoms with E-state index < -0.39 is 5.97 Å². The van der Waals surface area contributed by atoms with Crippen LogP contribution in [0.25, 0.3) is 0 Å². The van der Waals surface area contributed by atoms with E-state index in [1.165, 1.54) is 0 Å². The molecule has 0 aromatic heterocycles. The number of carboxylic acids is 1. The Labute approximate surface area is 196 Å². The van der Waals surface area contributed by atoms with E-state index >= 15 is 0 Å². The van der Waals surface area contributed by atoms with Crippen LogP contribution in [0.1, 0.15) is 56.6 Å². The van der Waals surface area contributed by atoms with Crippen LogP contribution in [0.5, 0.6) is 0 Å². The van der Waals surface area contributed by atoms with Gasteiger partial charge in [0.05, 0.1) is 17.8 Å². The second-order valence-electron chi connectivity index (χ2n) is 8.55. The lowest BCUT2D eigenvalue weighted by molar-refractivity contribution is -0.137. The van der Waals surface area contributed by atoms with Gasteiger partial charge in [-0.1, -0.05) is 30.7 Å². The molecule has 1 unspecified atom stereocenters. The lowest BCUT2D eigenvalue weighted by Gasteiger charge is -2.36. The van der Waals surface area contributed by atoms with E-state index in [0.29, 0.717) is 23.8 Å². The van der Waals surface area contributed by atoms with Gasteiger partial charge in [0.2, 0.25) is 0 Å². The van der Waals surface area contributed by atoms with Crippen LogP contribution in [-0.2, 0) is 9.53 Å². The predicted octanol–water partition coefficient (Wildman–Crippen LogP) is 5.61. The van der Waals surface area contributed by atoms with E-state index in [1.807, 2.05) is 56.3 Å². The average molecular weight is 454 g/mol. The highest BCUT2D eigenvalue weighted by Crippen LogP contribution is 2.35. The molecule has 3 N–H and O–H groups in total. The molecule has 2 aromatic rings. The highest BCUT2D eigenvalue weighted by molar-refractivity contribution is 6.02. The summed E-state index contributed by atoms with van der Waals surface area (Å²) in [5.74, 6) is -0.939. The zero-order valence-electron chi connectivity index (χ0n) is 19.8. The van der Waals surface area contributed by atoms with Crippen molar-refractivity contribution in [2.24, 2.45) is 0 Å². The zero-order valence-corrected chi connectivity index (χ0v) is 19.8. The Morgan fingerprint density at radius 1 is 1.09 bits per heavy atom. The minimum Gasteiger partial charge on any atom is -0.481 e. The van der Waals surface area contributed by atoms with Gasteiger partial charge in [-0.15, -0.1) is 0 Å². The van der Waals surface area contributed by atoms with Gasteiger partial charge in [-0.05, 0) is 68.9 Å². The number of benzene rings is 2. The number of urea groups is 1. The Bertz CT molecular complexity index is 939. The summed E-state index contributed by atoms with van der Waals surface area (Å²) in [7, 11) is 0. The normalized spacial score (nSPS) is 15.0. The van der Waals surface area contributed by atoms with Gasteiger partial charge in [0, 0.05) is 31.5 Å². The van der Waals surface area contributed by atoms with E-state index in [0.717, 1.165) is 49.4 Å². The molecule has 33 heavy (non-hydrogen) atoms. The number of ether oxygens (including phenoxy) is 1. The zero-order chi connectivity index (χ0) is 23.8. The maximum absolute atomic E-state index is 12.9. The molecule has 2 amide bonds. The SMILES string of the molecule is CCC(CC(=O)O)c1ccc(N(CC)C2CCOCC2)c(NC(=O)Nc2ccc(C)cc2)c1. The summed E-state index contributed by atoms with van der Waals surface area (Å²) >= 11 is 0. The number of nitrogens with one attached hydrogen (secondary N) is 2. The third kappa shape index (κ3) is 6.71. The minimum absolute atomic E-state index is 0.0578. The van der Waals surface area contributed by atoms with Crippen LogP contribution in [0.15, 0.2) is 42.5 Å². The van der Waals surface area contributed by atoms with Crippen LogP contribution >= 0.6 is 0 Å². The van der Waals surface area contributed by atoms with Crippen molar-refractivity contribution in [3.8, 4) is 0 Å². The molecule has 178 valence electrons. The first-order chi connectivity index (χ1) is 15.9. The number of aliphatic carboxylic acids is 1. The highest BCUT2D eigenvalue weighted by atomic mass is 16.5. The molecule has 3 rings (SSSR count). The molecule has 7 nitrogen and oxygen atoms in total. The molecule has 7 heteroatoms. The Balaban J connectivity index is 1.91. The smallest absolute Gasteiger partial charge is 0.323 e. The first-order valence-corrected chi connectivity index (χ1v) is 11.8. The first kappa shape index (κ1) is 24.6. The van der Waals surface area contributed by atoms with Gasteiger partial charge in [-0.3, -0.25) is 4.79 Å². The van der Waals surface area contributed by atoms with Crippen LogP contribution < -0.4 is 15.5 Å². The molecule has 1 aliphatic rings. The van der Waals surface area contributed by atoms with Gasteiger partial charge in [-0.2, -0.15) is 0 Å². The number of carbonyl (C=O) groups excluding carboxylic acids is 1. The fourth-order valence-electron chi connectivity index (χ4n) is 4.41. The molecular weight excluding hydrogens is 418 g/mol. The standard InChI is InChI=1S/C26H35N3O4/c1-4-19(17-25(30)31)20-8-11-24(29(5-2)22-12-14-33-15-13-22)23(16-20)28-26(32)27-21-9-6-18(3)7-10-21/h6-11,16,19,22H,4-5,12-15,17H2,1-3H3,(H,30,31)(H2,27,28,32). The lowest BCUT2D eigenvalue weighted by atomic mass is 9.92. The summed E-state index contributed by atoms with van der Waals surface area (Å²) in [5, 5.41) is 15.2. The van der Waals surface area contributed by atoms with Crippen molar-refractivity contribution >= 4 is 29.1 Å². The molecule has 1 aliphatic heterocycles. The number of carbonyl (C=O) groups is 2. The van der Waals surface area contributed by atoms with Gasteiger partial charge in [0.1, 0.15) is 0 Å². The van der Waals surface area contributed by atoms with E-state index in [9.17, 15) is 14.7 Å². The number of hydrogen-bond acceptors (Lipinski definition) is 4. The number of amides is 2. The topological polar surface area (TPSA) is 90.9 Å². The van der Waals surface area contributed by atoms with Crippen molar-refractivity contribution in [1.29, 1.82) is 0 Å². The molecule has 1 saturated heterocycles. The minimum atomic E-state index is -0.824. The first-order valence-electron chi connectivity index (χ1n) is 11.8. The second kappa shape index (κ2) is 11.7. The molecule has 0 spiro atoms. The summed E-state index contributed by atoms with van der Waals surface area (Å²) < 4.78 is 5.54. The second-order valence-corrected chi connectivity index (χ2v) is 8.55. The van der Waals surface area contributed by atoms with Crippen LogP contribution in [0, 0.1) is 6.92 Å². The Kier molecular flexibility index (Phi) is 8.72. The number of aryl methyl sites for hydroxylation is 1. The van der Waals surface area contributed by atoms with E-state index in [2.05, 4.69) is 22.5 Å². The van der Waals surface area contributed by atoms with E-state index in [4.69, 9.17) is 4.74 Å². The summed E-state index contributed by atoms with van der Waals surface area (Å²) in [6, 6.07) is 13.6. The van der Waals surface area contributed by atoms with Crippen molar-refractivity contribution in [2.45, 2.75) is 58.4 Å². The van der Waals surface area contributed by atoms with Gasteiger partial charge in [0.25, 0.3) is 0 Å². The van der Waals surface area contributed by atoms with E-state index in [1.54, 1.807) is 0 Å². The lowest BCUT2D eigenvalue weighted by Crippen LogP contribution is -2.40. The van der Waals surface area contributed by atoms with Gasteiger partial charge in [-0.25, -0.2) is 4.79 Å². The van der Waals surface area contributed by atoms with Crippen molar-refractivity contribution in [2.75, 3.05) is 35.3 Å².